The van der Waals surface area contributed by atoms with Crippen LogP contribution in [0.2, 0.25) is 0 Å². The molecule has 1 atom stereocenters. The molecule has 2 nitrogen and oxygen atoms in total. The Hall–Kier alpha value is -1.12. The van der Waals surface area contributed by atoms with Crippen molar-refractivity contribution in [3.8, 4) is 0 Å². The zero-order valence-electron chi connectivity index (χ0n) is 9.03. The number of likely N-dealkylation sites (N-methyl/N-ethyl adjacent to an activating group) is 1. The number of hydrogen-bond donors (Lipinski definition) is 0. The molecule has 0 spiro atoms. The molecule has 2 heteroatoms. The molecule has 0 saturated heterocycles. The minimum absolute atomic E-state index is 0.341. The van der Waals surface area contributed by atoms with E-state index >= 15 is 0 Å². The van der Waals surface area contributed by atoms with E-state index in [2.05, 4.69) is 0 Å². The molecular formula is C12H17NO. The SMILES string of the molecule is CC(C)=CC[N+](C)([O-])c1ccccc1. The molecule has 0 radical (unpaired) electrons. The van der Waals surface area contributed by atoms with E-state index in [4.69, 9.17) is 0 Å². The van der Waals surface area contributed by atoms with Gasteiger partial charge in [-0.1, -0.05) is 23.8 Å². The predicted molar refractivity (Wildman–Crippen MR) is 61.8 cm³/mol. The number of hydroxylamine groups is 2. The lowest BCUT2D eigenvalue weighted by atomic mass is 10.2. The number of benzene rings is 1. The molecule has 1 aromatic rings. The number of hydrogen-bond acceptors (Lipinski definition) is 1. The number of para-hydroxylation sites is 1. The Morgan fingerprint density at radius 2 is 1.86 bits per heavy atom. The van der Waals surface area contributed by atoms with E-state index in [1.54, 1.807) is 7.05 Å². The molecule has 0 aliphatic carbocycles. The Labute approximate surface area is 85.6 Å². The van der Waals surface area contributed by atoms with Crippen molar-refractivity contribution in [2.45, 2.75) is 13.8 Å². The first-order valence-corrected chi connectivity index (χ1v) is 4.78. The predicted octanol–water partition coefficient (Wildman–Crippen LogP) is 3.09. The highest BCUT2D eigenvalue weighted by molar-refractivity contribution is 5.43. The third-order valence-corrected chi connectivity index (χ3v) is 2.15. The summed E-state index contributed by atoms with van der Waals surface area (Å²) in [5.74, 6) is 0. The highest BCUT2D eigenvalue weighted by Gasteiger charge is 2.10. The monoisotopic (exact) mass is 191 g/mol. The largest absolute Gasteiger partial charge is 0.627 e. The van der Waals surface area contributed by atoms with Crippen molar-refractivity contribution < 1.29 is 0 Å². The fourth-order valence-electron chi connectivity index (χ4n) is 1.21. The van der Waals surface area contributed by atoms with Gasteiger partial charge in [-0.25, -0.2) is 0 Å². The third-order valence-electron chi connectivity index (χ3n) is 2.15. The molecule has 0 amide bonds. The fraction of sp³-hybridized carbons (Fsp3) is 0.333. The van der Waals surface area contributed by atoms with Crippen LogP contribution in [0.3, 0.4) is 0 Å². The van der Waals surface area contributed by atoms with Crippen molar-refractivity contribution in [3.05, 3.63) is 47.2 Å². The van der Waals surface area contributed by atoms with E-state index in [9.17, 15) is 5.21 Å². The summed E-state index contributed by atoms with van der Waals surface area (Å²) in [6.45, 7) is 4.50. The fourth-order valence-corrected chi connectivity index (χ4v) is 1.21. The van der Waals surface area contributed by atoms with Gasteiger partial charge >= 0.3 is 0 Å². The average Bonchev–Trinajstić information content (AvgIpc) is 2.16. The first-order chi connectivity index (χ1) is 6.52. The number of allylic oxidation sites excluding steroid dienone is 1. The molecule has 0 fully saturated rings. The van der Waals surface area contributed by atoms with Gasteiger partial charge in [0.1, 0.15) is 12.2 Å². The van der Waals surface area contributed by atoms with E-state index in [1.165, 1.54) is 5.57 Å². The van der Waals surface area contributed by atoms with Crippen molar-refractivity contribution in [1.82, 2.24) is 4.65 Å². The van der Waals surface area contributed by atoms with E-state index in [1.807, 2.05) is 50.3 Å². The summed E-state index contributed by atoms with van der Waals surface area (Å²) in [5.41, 5.74) is 1.98. The van der Waals surface area contributed by atoms with Crippen LogP contribution in [-0.4, -0.2) is 13.6 Å². The summed E-state index contributed by atoms with van der Waals surface area (Å²) < 4.78 is -0.341. The molecule has 1 unspecified atom stereocenters. The molecule has 1 aromatic carbocycles. The van der Waals surface area contributed by atoms with Crippen LogP contribution in [0.15, 0.2) is 42.0 Å². The van der Waals surface area contributed by atoms with Gasteiger partial charge in [-0.3, -0.25) is 0 Å². The molecule has 0 N–H and O–H groups in total. The third kappa shape index (κ3) is 2.98. The zero-order chi connectivity index (χ0) is 10.6. The van der Waals surface area contributed by atoms with Crippen molar-refractivity contribution in [2.75, 3.05) is 13.6 Å². The quantitative estimate of drug-likeness (QED) is 0.409. The van der Waals surface area contributed by atoms with Gasteiger partial charge in [0, 0.05) is 0 Å². The van der Waals surface area contributed by atoms with Crippen LogP contribution < -0.4 is 4.65 Å². The Bertz CT molecular complexity index is 310. The van der Waals surface area contributed by atoms with E-state index in [-0.39, 0.29) is 4.65 Å². The first kappa shape index (κ1) is 11.0. The van der Waals surface area contributed by atoms with Gasteiger partial charge in [0.25, 0.3) is 0 Å². The van der Waals surface area contributed by atoms with Crippen LogP contribution in [-0.2, 0) is 0 Å². The van der Waals surface area contributed by atoms with Crippen LogP contribution in [0.5, 0.6) is 0 Å². The van der Waals surface area contributed by atoms with Gasteiger partial charge in [0.05, 0.1) is 7.05 Å². The van der Waals surface area contributed by atoms with Crippen LogP contribution in [0.25, 0.3) is 0 Å². The van der Waals surface area contributed by atoms with Crippen LogP contribution in [0, 0.1) is 5.21 Å². The lowest BCUT2D eigenvalue weighted by molar-refractivity contribution is 0.492. The Morgan fingerprint density at radius 3 is 2.36 bits per heavy atom. The maximum absolute atomic E-state index is 12.1. The maximum Gasteiger partial charge on any atom is 0.132 e. The van der Waals surface area contributed by atoms with Gasteiger partial charge in [-0.15, -0.1) is 0 Å². The molecule has 1 rings (SSSR count). The van der Waals surface area contributed by atoms with E-state index < -0.39 is 0 Å². The first-order valence-electron chi connectivity index (χ1n) is 4.78. The van der Waals surface area contributed by atoms with Gasteiger partial charge < -0.3 is 9.85 Å². The summed E-state index contributed by atoms with van der Waals surface area (Å²) in [4.78, 5) is 0. The average molecular weight is 191 g/mol. The second-order valence-electron chi connectivity index (χ2n) is 3.90. The Balaban J connectivity index is 2.81. The molecule has 0 aliphatic rings. The molecule has 14 heavy (non-hydrogen) atoms. The normalized spacial score (nSPS) is 14.6. The molecular weight excluding hydrogens is 174 g/mol. The Morgan fingerprint density at radius 1 is 1.29 bits per heavy atom. The minimum Gasteiger partial charge on any atom is -0.627 e. The number of nitrogens with zero attached hydrogens (tertiary/aromatic N) is 1. The van der Waals surface area contributed by atoms with Crippen LogP contribution in [0.1, 0.15) is 13.8 Å². The van der Waals surface area contributed by atoms with Crippen molar-refractivity contribution in [1.29, 1.82) is 0 Å². The van der Waals surface area contributed by atoms with Crippen LogP contribution >= 0.6 is 0 Å². The van der Waals surface area contributed by atoms with Gasteiger partial charge in [0.15, 0.2) is 0 Å². The van der Waals surface area contributed by atoms with E-state index in [0.717, 1.165) is 5.69 Å². The summed E-state index contributed by atoms with van der Waals surface area (Å²) in [6, 6.07) is 9.45. The van der Waals surface area contributed by atoms with Crippen molar-refractivity contribution >= 4 is 5.69 Å². The second-order valence-corrected chi connectivity index (χ2v) is 3.90. The summed E-state index contributed by atoms with van der Waals surface area (Å²) >= 11 is 0. The minimum atomic E-state index is -0.341. The van der Waals surface area contributed by atoms with Gasteiger partial charge in [0.2, 0.25) is 0 Å². The number of quaternary nitrogens is 1. The zero-order valence-corrected chi connectivity index (χ0v) is 9.03. The van der Waals surface area contributed by atoms with E-state index in [0.29, 0.717) is 6.54 Å². The summed E-state index contributed by atoms with van der Waals surface area (Å²) in [6.07, 6.45) is 1.97. The lowest BCUT2D eigenvalue weighted by Gasteiger charge is -2.37. The molecule has 0 aliphatic heterocycles. The molecule has 0 saturated carbocycles. The topological polar surface area (TPSA) is 23.1 Å². The molecule has 0 aromatic heterocycles. The molecule has 0 bridgehead atoms. The van der Waals surface area contributed by atoms with Crippen molar-refractivity contribution in [3.63, 3.8) is 0 Å². The number of rotatable bonds is 3. The summed E-state index contributed by atoms with van der Waals surface area (Å²) in [5, 5.41) is 12.1. The maximum atomic E-state index is 12.1. The Kier molecular flexibility index (Phi) is 3.44. The highest BCUT2D eigenvalue weighted by atomic mass is 16.5. The summed E-state index contributed by atoms with van der Waals surface area (Å²) in [7, 11) is 1.68. The van der Waals surface area contributed by atoms with Gasteiger partial charge in [-0.2, -0.15) is 0 Å². The molecule has 76 valence electrons. The second kappa shape index (κ2) is 4.40. The smallest absolute Gasteiger partial charge is 0.132 e. The highest BCUT2D eigenvalue weighted by Crippen LogP contribution is 2.18. The van der Waals surface area contributed by atoms with Crippen LogP contribution in [0.4, 0.5) is 5.69 Å². The van der Waals surface area contributed by atoms with Gasteiger partial charge in [-0.05, 0) is 32.1 Å². The van der Waals surface area contributed by atoms with Crippen molar-refractivity contribution in [2.24, 2.45) is 0 Å². The lowest BCUT2D eigenvalue weighted by Crippen LogP contribution is -2.38. The standard InChI is InChI=1S/C12H17NO/c1-11(2)9-10-13(3,14)12-7-5-4-6-8-12/h4-9H,10H2,1-3H3. The molecule has 0 heterocycles.